The fraction of sp³-hybridized carbons (Fsp3) is 0.158. The maximum Gasteiger partial charge on any atom is 0.235 e. The molecule has 3 aromatic carbocycles. The Morgan fingerprint density at radius 1 is 0.667 bits per heavy atom. The van der Waals surface area contributed by atoms with E-state index < -0.39 is 0 Å². The SMILES string of the molecule is C1=CC(C2=CCCC(c3nc(-n4c5ccccc5c5cc6c7c(oc6cc54)C=CCC7)nc4ccccc34)=C2)=CCC1. The van der Waals surface area contributed by atoms with E-state index >= 15 is 0 Å². The number of rotatable bonds is 3. The number of nitrogens with zero attached hydrogens (tertiary/aromatic N) is 3. The van der Waals surface area contributed by atoms with Crippen molar-refractivity contribution in [2.45, 2.75) is 38.5 Å². The summed E-state index contributed by atoms with van der Waals surface area (Å²) in [7, 11) is 0. The molecule has 0 atom stereocenters. The van der Waals surface area contributed by atoms with Crippen LogP contribution in [0.2, 0.25) is 0 Å². The second-order valence-electron chi connectivity index (χ2n) is 11.5. The highest BCUT2D eigenvalue weighted by molar-refractivity contribution is 6.13. The van der Waals surface area contributed by atoms with E-state index in [2.05, 4.69) is 108 Å². The topological polar surface area (TPSA) is 43.9 Å². The fourth-order valence-corrected chi connectivity index (χ4v) is 6.98. The van der Waals surface area contributed by atoms with Crippen LogP contribution >= 0.6 is 0 Å². The highest BCUT2D eigenvalue weighted by Gasteiger charge is 2.22. The van der Waals surface area contributed by atoms with Crippen LogP contribution in [0.15, 0.2) is 113 Å². The van der Waals surface area contributed by atoms with E-state index in [0.717, 1.165) is 77.5 Å². The molecule has 0 fully saturated rings. The van der Waals surface area contributed by atoms with Gasteiger partial charge in [-0.25, -0.2) is 9.97 Å². The van der Waals surface area contributed by atoms with E-state index in [4.69, 9.17) is 14.4 Å². The van der Waals surface area contributed by atoms with Crippen LogP contribution in [0.4, 0.5) is 0 Å². The number of para-hydroxylation sites is 2. The zero-order valence-corrected chi connectivity index (χ0v) is 23.3. The molecule has 202 valence electrons. The molecular weight excluding hydrogens is 514 g/mol. The number of allylic oxidation sites excluding steroid dienone is 9. The fourth-order valence-electron chi connectivity index (χ4n) is 6.98. The number of aromatic nitrogens is 3. The second-order valence-corrected chi connectivity index (χ2v) is 11.5. The van der Waals surface area contributed by atoms with Gasteiger partial charge in [0.25, 0.3) is 0 Å². The molecular formula is C38H29N3O. The zero-order valence-electron chi connectivity index (χ0n) is 23.3. The average Bonchev–Trinajstić information content (AvgIpc) is 3.58. The molecule has 9 rings (SSSR count). The largest absolute Gasteiger partial charge is 0.456 e. The smallest absolute Gasteiger partial charge is 0.235 e. The first-order valence-corrected chi connectivity index (χ1v) is 15.0. The Bertz CT molecular complexity index is 2250. The molecule has 0 aliphatic heterocycles. The van der Waals surface area contributed by atoms with Crippen molar-refractivity contribution in [3.63, 3.8) is 0 Å². The van der Waals surface area contributed by atoms with Gasteiger partial charge in [-0.1, -0.05) is 66.8 Å². The highest BCUT2D eigenvalue weighted by Crippen LogP contribution is 2.39. The number of hydrogen-bond donors (Lipinski definition) is 0. The lowest BCUT2D eigenvalue weighted by Crippen LogP contribution is -2.06. The summed E-state index contributed by atoms with van der Waals surface area (Å²) >= 11 is 0. The van der Waals surface area contributed by atoms with E-state index in [9.17, 15) is 0 Å². The van der Waals surface area contributed by atoms with Crippen molar-refractivity contribution in [1.82, 2.24) is 14.5 Å². The number of furan rings is 1. The van der Waals surface area contributed by atoms with E-state index in [0.29, 0.717) is 5.95 Å². The molecule has 0 unspecified atom stereocenters. The number of fused-ring (bicyclic) bond motifs is 7. The van der Waals surface area contributed by atoms with Gasteiger partial charge in [-0.2, -0.15) is 0 Å². The lowest BCUT2D eigenvalue weighted by Gasteiger charge is -2.18. The molecule has 0 N–H and O–H groups in total. The molecule has 42 heavy (non-hydrogen) atoms. The summed E-state index contributed by atoms with van der Waals surface area (Å²) in [6, 6.07) is 21.5. The molecule has 0 amide bonds. The molecule has 3 aliphatic rings. The van der Waals surface area contributed by atoms with Crippen LogP contribution in [0.1, 0.15) is 49.1 Å². The highest BCUT2D eigenvalue weighted by atomic mass is 16.3. The maximum absolute atomic E-state index is 6.38. The van der Waals surface area contributed by atoms with Crippen LogP contribution in [-0.2, 0) is 6.42 Å². The first-order valence-electron chi connectivity index (χ1n) is 15.0. The molecule has 6 aromatic rings. The summed E-state index contributed by atoms with van der Waals surface area (Å²) in [5.74, 6) is 1.68. The Morgan fingerprint density at radius 2 is 1.52 bits per heavy atom. The number of aryl methyl sites for hydroxylation is 1. The van der Waals surface area contributed by atoms with Gasteiger partial charge in [0.05, 0.1) is 22.2 Å². The Hall–Kier alpha value is -4.96. The monoisotopic (exact) mass is 543 g/mol. The van der Waals surface area contributed by atoms with Crippen LogP contribution in [-0.4, -0.2) is 14.5 Å². The van der Waals surface area contributed by atoms with Crippen molar-refractivity contribution in [2.24, 2.45) is 0 Å². The third-order valence-electron chi connectivity index (χ3n) is 8.98. The van der Waals surface area contributed by atoms with Gasteiger partial charge < -0.3 is 4.42 Å². The van der Waals surface area contributed by atoms with E-state index in [1.165, 1.54) is 38.4 Å². The van der Waals surface area contributed by atoms with Gasteiger partial charge in [-0.3, -0.25) is 4.57 Å². The minimum atomic E-state index is 0.694. The third kappa shape index (κ3) is 3.61. The summed E-state index contributed by atoms with van der Waals surface area (Å²) in [6.07, 6.45) is 22.2. The van der Waals surface area contributed by atoms with Gasteiger partial charge >= 0.3 is 0 Å². The molecule has 0 spiro atoms. The summed E-state index contributed by atoms with van der Waals surface area (Å²) in [6.45, 7) is 0. The van der Waals surface area contributed by atoms with Gasteiger partial charge in [0, 0.05) is 33.2 Å². The zero-order chi connectivity index (χ0) is 27.6. The number of benzene rings is 3. The summed E-state index contributed by atoms with van der Waals surface area (Å²) in [5.41, 5.74) is 10.3. The molecule has 4 nitrogen and oxygen atoms in total. The van der Waals surface area contributed by atoms with Gasteiger partial charge in [0.1, 0.15) is 11.3 Å². The average molecular weight is 544 g/mol. The molecule has 3 heterocycles. The van der Waals surface area contributed by atoms with E-state index in [-0.39, 0.29) is 0 Å². The van der Waals surface area contributed by atoms with Crippen LogP contribution in [0, 0.1) is 0 Å². The normalized spacial score (nSPS) is 16.7. The van der Waals surface area contributed by atoms with Crippen LogP contribution in [0.3, 0.4) is 0 Å². The summed E-state index contributed by atoms with van der Waals surface area (Å²) < 4.78 is 8.60. The van der Waals surface area contributed by atoms with E-state index in [1.807, 2.05) is 0 Å². The van der Waals surface area contributed by atoms with Gasteiger partial charge in [0.15, 0.2) is 0 Å². The second kappa shape index (κ2) is 9.28. The van der Waals surface area contributed by atoms with Crippen molar-refractivity contribution in [1.29, 1.82) is 0 Å². The lowest BCUT2D eigenvalue weighted by molar-refractivity contribution is 0.595. The van der Waals surface area contributed by atoms with E-state index in [1.54, 1.807) is 0 Å². The standard InChI is InChI=1S/C38H29N3O/c1-2-11-24(12-3-1)25-13-10-14-26(21-25)37-29-17-4-7-18-32(29)39-38(40-37)41-33-19-8-5-15-27(33)30-22-31-28-16-6-9-20-35(28)42-36(31)23-34(30)41/h2,4-5,7-9,11-13,15,17-23H,1,3,6,10,14,16H2. The number of hydrogen-bond acceptors (Lipinski definition) is 3. The molecule has 0 saturated heterocycles. The first-order chi connectivity index (χ1) is 20.8. The molecule has 0 radical (unpaired) electrons. The summed E-state index contributed by atoms with van der Waals surface area (Å²) in [4.78, 5) is 10.5. The Kier molecular flexibility index (Phi) is 5.24. The Balaban J connectivity index is 1.30. The molecule has 0 saturated carbocycles. The van der Waals surface area contributed by atoms with Crippen molar-refractivity contribution >= 4 is 55.3 Å². The summed E-state index contributed by atoms with van der Waals surface area (Å²) in [5, 5.41) is 4.71. The van der Waals surface area contributed by atoms with Gasteiger partial charge in [0.2, 0.25) is 5.95 Å². The van der Waals surface area contributed by atoms with Gasteiger partial charge in [-0.05, 0) is 85.6 Å². The van der Waals surface area contributed by atoms with Gasteiger partial charge in [-0.15, -0.1) is 0 Å². The predicted octanol–water partition coefficient (Wildman–Crippen LogP) is 9.81. The van der Waals surface area contributed by atoms with Crippen molar-refractivity contribution in [3.8, 4) is 5.95 Å². The van der Waals surface area contributed by atoms with Crippen LogP contribution < -0.4 is 0 Å². The molecule has 4 heteroatoms. The van der Waals surface area contributed by atoms with Crippen molar-refractivity contribution in [3.05, 3.63) is 125 Å². The van der Waals surface area contributed by atoms with Crippen molar-refractivity contribution in [2.75, 3.05) is 0 Å². The van der Waals surface area contributed by atoms with Crippen molar-refractivity contribution < 1.29 is 4.42 Å². The third-order valence-corrected chi connectivity index (χ3v) is 8.98. The van der Waals surface area contributed by atoms with Crippen LogP contribution in [0.5, 0.6) is 0 Å². The van der Waals surface area contributed by atoms with Crippen LogP contribution in [0.25, 0.3) is 61.3 Å². The Labute approximate surface area is 243 Å². The minimum absolute atomic E-state index is 0.694. The molecule has 0 bridgehead atoms. The molecule has 3 aromatic heterocycles. The molecule has 3 aliphatic carbocycles. The minimum Gasteiger partial charge on any atom is -0.456 e. The lowest BCUT2D eigenvalue weighted by atomic mass is 9.89. The Morgan fingerprint density at radius 3 is 2.45 bits per heavy atom. The first kappa shape index (κ1) is 23.7. The quantitative estimate of drug-likeness (QED) is 0.223. The predicted molar refractivity (Wildman–Crippen MR) is 173 cm³/mol. The maximum atomic E-state index is 6.38.